The summed E-state index contributed by atoms with van der Waals surface area (Å²) in [5.74, 6) is 0.271. The van der Waals surface area contributed by atoms with E-state index in [2.05, 4.69) is 15.3 Å². The first-order chi connectivity index (χ1) is 18.8. The molecule has 5 aromatic rings. The molecule has 196 valence electrons. The van der Waals surface area contributed by atoms with E-state index in [-0.39, 0.29) is 23.6 Å². The van der Waals surface area contributed by atoms with Crippen molar-refractivity contribution in [3.8, 4) is 11.4 Å². The van der Waals surface area contributed by atoms with Crippen LogP contribution in [0, 0.1) is 19.7 Å². The van der Waals surface area contributed by atoms with Gasteiger partial charge in [-0.15, -0.1) is 0 Å². The summed E-state index contributed by atoms with van der Waals surface area (Å²) < 4.78 is 21.1. The lowest BCUT2D eigenvalue weighted by molar-refractivity contribution is -0.111. The first-order valence-corrected chi connectivity index (χ1v) is 12.3. The molecule has 0 saturated heterocycles. The maximum atomic E-state index is 14.2. The standard InChI is InChI=1S/C30H27FN6O2/c1-17-7-4-5-10-24(17)37-22(12-19-9-6-8-18(2)25(19)30(37)38)15-34-29-26(28(33)35-16-36-29)27(32)20-11-21(31)14-23(13-20)39-3/h4-14,16,32H,15H2,1-3H3,(H3,33,34,35,36)/p+1. The Morgan fingerprint density at radius 2 is 1.82 bits per heavy atom. The number of aryl methyl sites for hydroxylation is 2. The van der Waals surface area contributed by atoms with Crippen LogP contribution in [-0.4, -0.2) is 27.4 Å². The van der Waals surface area contributed by atoms with Gasteiger partial charge in [0, 0.05) is 11.8 Å². The van der Waals surface area contributed by atoms with Crippen LogP contribution in [0.5, 0.6) is 5.75 Å². The Bertz CT molecular complexity index is 1800. The number of hydrogen-bond donors (Lipinski definition) is 3. The third-order valence-corrected chi connectivity index (χ3v) is 6.69. The highest BCUT2D eigenvalue weighted by molar-refractivity contribution is 6.14. The van der Waals surface area contributed by atoms with Gasteiger partial charge in [0.15, 0.2) is 0 Å². The highest BCUT2D eigenvalue weighted by Gasteiger charge is 2.23. The Hall–Kier alpha value is -5.05. The van der Waals surface area contributed by atoms with Gasteiger partial charge in [-0.1, -0.05) is 36.4 Å². The maximum Gasteiger partial charge on any atom is 0.263 e. The summed E-state index contributed by atoms with van der Waals surface area (Å²) in [4.78, 5) is 22.3. The minimum Gasteiger partial charge on any atom is -0.497 e. The number of rotatable bonds is 7. The smallest absolute Gasteiger partial charge is 0.263 e. The number of fused-ring (bicyclic) bond motifs is 1. The minimum absolute atomic E-state index is 0.114. The molecule has 5 N–H and O–H groups in total. The summed E-state index contributed by atoms with van der Waals surface area (Å²) in [5, 5.41) is 11.3. The van der Waals surface area contributed by atoms with E-state index in [4.69, 9.17) is 15.9 Å². The highest BCUT2D eigenvalue weighted by Crippen LogP contribution is 2.25. The molecule has 0 unspecified atom stereocenters. The van der Waals surface area contributed by atoms with E-state index in [1.807, 2.05) is 62.4 Å². The van der Waals surface area contributed by atoms with Crippen molar-refractivity contribution in [2.75, 3.05) is 18.2 Å². The summed E-state index contributed by atoms with van der Waals surface area (Å²) in [6.45, 7) is 4.11. The molecule has 3 aromatic carbocycles. The summed E-state index contributed by atoms with van der Waals surface area (Å²) in [7, 11) is 1.45. The van der Waals surface area contributed by atoms with Crippen LogP contribution in [0.15, 0.2) is 77.9 Å². The SMILES string of the molecule is COc1cc(F)cc(C(=[NH2+])c2c(N)ncnc2NCc2cc3cccc(C)c3c(=O)n2-c2ccccc2C)c1. The Kier molecular flexibility index (Phi) is 6.81. The predicted octanol–water partition coefficient (Wildman–Crippen LogP) is 3.34. The predicted molar refractivity (Wildman–Crippen MR) is 151 cm³/mol. The first kappa shape index (κ1) is 25.6. The lowest BCUT2D eigenvalue weighted by Crippen LogP contribution is -2.42. The molecule has 0 saturated carbocycles. The molecule has 2 aromatic heterocycles. The van der Waals surface area contributed by atoms with E-state index in [1.54, 1.807) is 10.6 Å². The van der Waals surface area contributed by atoms with Gasteiger partial charge < -0.3 is 15.8 Å². The fraction of sp³-hybridized carbons (Fsp3) is 0.133. The molecule has 0 radical (unpaired) electrons. The van der Waals surface area contributed by atoms with Crippen molar-refractivity contribution in [2.45, 2.75) is 20.4 Å². The Labute approximate surface area is 224 Å². The zero-order valence-corrected chi connectivity index (χ0v) is 21.8. The van der Waals surface area contributed by atoms with E-state index >= 15 is 0 Å². The Morgan fingerprint density at radius 3 is 2.59 bits per heavy atom. The molecule has 0 atom stereocenters. The van der Waals surface area contributed by atoms with Crippen LogP contribution >= 0.6 is 0 Å². The van der Waals surface area contributed by atoms with Crippen LogP contribution in [0.4, 0.5) is 16.0 Å². The summed E-state index contributed by atoms with van der Waals surface area (Å²) >= 11 is 0. The van der Waals surface area contributed by atoms with Crippen molar-refractivity contribution in [3.05, 3.63) is 117 Å². The largest absolute Gasteiger partial charge is 0.497 e. The zero-order chi connectivity index (χ0) is 27.7. The number of benzene rings is 3. The summed E-state index contributed by atoms with van der Waals surface area (Å²) in [5.41, 5.74) is 10.3. The van der Waals surface area contributed by atoms with Crippen LogP contribution in [0.2, 0.25) is 0 Å². The summed E-state index contributed by atoms with van der Waals surface area (Å²) in [6, 6.07) is 19.6. The molecule has 0 fully saturated rings. The number of nitrogens with two attached hydrogens (primary N) is 2. The molecule has 0 aliphatic rings. The van der Waals surface area contributed by atoms with E-state index in [9.17, 15) is 9.18 Å². The van der Waals surface area contributed by atoms with E-state index in [0.29, 0.717) is 33.8 Å². The molecule has 39 heavy (non-hydrogen) atoms. The minimum atomic E-state index is -0.508. The lowest BCUT2D eigenvalue weighted by atomic mass is 10.0. The number of methoxy groups -OCH3 is 1. The van der Waals surface area contributed by atoms with E-state index in [0.717, 1.165) is 22.2 Å². The quantitative estimate of drug-likeness (QED) is 0.282. The molecule has 0 aliphatic heterocycles. The third kappa shape index (κ3) is 4.82. The van der Waals surface area contributed by atoms with E-state index in [1.165, 1.54) is 25.6 Å². The average Bonchev–Trinajstić information content (AvgIpc) is 2.92. The van der Waals surface area contributed by atoms with Crippen molar-refractivity contribution in [2.24, 2.45) is 0 Å². The van der Waals surface area contributed by atoms with Crippen LogP contribution in [0.25, 0.3) is 16.5 Å². The number of ether oxygens (including phenoxy) is 1. The topological polar surface area (TPSA) is 121 Å². The monoisotopic (exact) mass is 523 g/mol. The molecule has 0 aliphatic carbocycles. The van der Waals surface area contributed by atoms with Gasteiger partial charge in [-0.3, -0.25) is 14.8 Å². The second-order valence-corrected chi connectivity index (χ2v) is 9.23. The van der Waals surface area contributed by atoms with Gasteiger partial charge in [0.05, 0.1) is 30.3 Å². The van der Waals surface area contributed by atoms with Gasteiger partial charge in [-0.05, 0) is 54.6 Å². The van der Waals surface area contributed by atoms with Gasteiger partial charge in [-0.25, -0.2) is 14.4 Å². The molecule has 8 nitrogen and oxygen atoms in total. The molecular weight excluding hydrogens is 495 g/mol. The van der Waals surface area contributed by atoms with Crippen molar-refractivity contribution >= 4 is 28.1 Å². The molecular formula is C30H28FN6O2+. The molecule has 9 heteroatoms. The molecule has 5 rings (SSSR count). The number of pyridine rings is 1. The molecule has 0 spiro atoms. The van der Waals surface area contributed by atoms with Gasteiger partial charge in [-0.2, -0.15) is 0 Å². The molecule has 0 amide bonds. The first-order valence-electron chi connectivity index (χ1n) is 12.3. The Morgan fingerprint density at radius 1 is 1.05 bits per heavy atom. The average molecular weight is 524 g/mol. The second kappa shape index (κ2) is 10.4. The van der Waals surface area contributed by atoms with Crippen molar-refractivity contribution in [3.63, 3.8) is 0 Å². The van der Waals surface area contributed by atoms with Crippen molar-refractivity contribution < 1.29 is 14.5 Å². The maximum absolute atomic E-state index is 14.2. The van der Waals surface area contributed by atoms with E-state index < -0.39 is 5.82 Å². The lowest BCUT2D eigenvalue weighted by Gasteiger charge is -2.18. The normalized spacial score (nSPS) is 11.0. The zero-order valence-electron chi connectivity index (χ0n) is 21.8. The Balaban J connectivity index is 1.61. The number of nitrogens with one attached hydrogen (secondary N) is 1. The van der Waals surface area contributed by atoms with Crippen molar-refractivity contribution in [1.82, 2.24) is 14.5 Å². The number of halogens is 1. The molecule has 0 bridgehead atoms. The van der Waals surface area contributed by atoms with Crippen molar-refractivity contribution in [1.29, 1.82) is 0 Å². The number of nitrogen functional groups attached to an aromatic ring is 1. The number of para-hydroxylation sites is 1. The molecule has 2 heterocycles. The van der Waals surface area contributed by atoms with Gasteiger partial charge in [0.25, 0.3) is 5.56 Å². The number of aromatic nitrogens is 3. The third-order valence-electron chi connectivity index (χ3n) is 6.69. The van der Waals surface area contributed by atoms with Gasteiger partial charge in [0.2, 0.25) is 5.71 Å². The van der Waals surface area contributed by atoms with Crippen LogP contribution in [0.1, 0.15) is 27.9 Å². The van der Waals surface area contributed by atoms with Gasteiger partial charge in [0.1, 0.15) is 35.1 Å². The second-order valence-electron chi connectivity index (χ2n) is 9.23. The van der Waals surface area contributed by atoms with Crippen LogP contribution in [0.3, 0.4) is 0 Å². The fourth-order valence-corrected chi connectivity index (χ4v) is 4.75. The number of nitrogens with zero attached hydrogens (tertiary/aromatic N) is 3. The fourth-order valence-electron chi connectivity index (χ4n) is 4.75. The van der Waals surface area contributed by atoms with Crippen LogP contribution < -0.4 is 26.8 Å². The highest BCUT2D eigenvalue weighted by atomic mass is 19.1. The number of hydrogen-bond acceptors (Lipinski definition) is 6. The van der Waals surface area contributed by atoms with Crippen LogP contribution in [-0.2, 0) is 6.54 Å². The van der Waals surface area contributed by atoms with Gasteiger partial charge >= 0.3 is 0 Å². The number of anilines is 2. The summed E-state index contributed by atoms with van der Waals surface area (Å²) in [6.07, 6.45) is 1.32.